The van der Waals surface area contributed by atoms with Gasteiger partial charge in [0.15, 0.2) is 18.3 Å². The van der Waals surface area contributed by atoms with Crippen LogP contribution in [0.4, 0.5) is 5.69 Å². The molecular formula is C18H19NO8. The van der Waals surface area contributed by atoms with E-state index in [9.17, 15) is 14.4 Å². The standard InChI is InChI=1S/C18H19NO8/c1-9(20)23-13-14(24-10(2)21)16(25-11(3)22)18-26-15(13)17(27-18)19-12-7-5-4-6-8-12/h4-8,13-16,18H,1-3H3/t13-,14-,15-,16+,18-/m0/s1. The van der Waals surface area contributed by atoms with E-state index in [0.29, 0.717) is 5.69 Å². The molecule has 144 valence electrons. The van der Waals surface area contributed by atoms with Crippen molar-refractivity contribution in [1.29, 1.82) is 0 Å². The summed E-state index contributed by atoms with van der Waals surface area (Å²) in [7, 11) is 0. The Labute approximate surface area is 155 Å². The summed E-state index contributed by atoms with van der Waals surface area (Å²) in [6.07, 6.45) is -5.25. The van der Waals surface area contributed by atoms with Crippen LogP contribution in [0.3, 0.4) is 0 Å². The highest BCUT2D eigenvalue weighted by atomic mass is 16.8. The van der Waals surface area contributed by atoms with Gasteiger partial charge in [0.1, 0.15) is 0 Å². The lowest BCUT2D eigenvalue weighted by molar-refractivity contribution is -0.250. The lowest BCUT2D eigenvalue weighted by Crippen LogP contribution is -2.58. The van der Waals surface area contributed by atoms with Crippen molar-refractivity contribution in [2.75, 3.05) is 0 Å². The first-order valence-electron chi connectivity index (χ1n) is 8.32. The second-order valence-electron chi connectivity index (χ2n) is 6.05. The first-order chi connectivity index (χ1) is 12.8. The van der Waals surface area contributed by atoms with Gasteiger partial charge in [-0.1, -0.05) is 18.2 Å². The summed E-state index contributed by atoms with van der Waals surface area (Å²) in [4.78, 5) is 39.1. The molecule has 9 nitrogen and oxygen atoms in total. The van der Waals surface area contributed by atoms with Crippen LogP contribution in [0.2, 0.25) is 0 Å². The summed E-state index contributed by atoms with van der Waals surface area (Å²) in [6, 6.07) is 8.95. The Bertz CT molecular complexity index is 762. The van der Waals surface area contributed by atoms with Crippen molar-refractivity contribution in [3.05, 3.63) is 30.3 Å². The first kappa shape index (κ1) is 18.8. The third-order valence-corrected chi connectivity index (χ3v) is 3.88. The number of benzene rings is 1. The number of carbonyl (C=O) groups excluding carboxylic acids is 3. The van der Waals surface area contributed by atoms with E-state index in [1.54, 1.807) is 24.3 Å². The van der Waals surface area contributed by atoms with Crippen molar-refractivity contribution < 1.29 is 38.1 Å². The van der Waals surface area contributed by atoms with Crippen LogP contribution in [0.25, 0.3) is 0 Å². The SMILES string of the molecule is CC(=O)O[C@@H]1[C@@H](OC(C)=O)[C@@H]2OC(=Nc3ccccc3)[C@@H](O2)[C@H]1OC(C)=O. The molecule has 0 N–H and O–H groups in total. The minimum atomic E-state index is -1.12. The molecule has 5 atom stereocenters. The van der Waals surface area contributed by atoms with Crippen molar-refractivity contribution in [3.63, 3.8) is 0 Å². The lowest BCUT2D eigenvalue weighted by Gasteiger charge is -2.37. The van der Waals surface area contributed by atoms with Crippen molar-refractivity contribution >= 4 is 29.5 Å². The van der Waals surface area contributed by atoms with E-state index in [0.717, 1.165) is 0 Å². The molecule has 0 radical (unpaired) electrons. The van der Waals surface area contributed by atoms with Crippen LogP contribution < -0.4 is 0 Å². The topological polar surface area (TPSA) is 110 Å². The largest absolute Gasteiger partial charge is 0.455 e. The molecule has 2 fully saturated rings. The van der Waals surface area contributed by atoms with Crippen LogP contribution in [0, 0.1) is 0 Å². The fourth-order valence-electron chi connectivity index (χ4n) is 2.97. The number of esters is 3. The van der Waals surface area contributed by atoms with E-state index in [1.165, 1.54) is 20.8 Å². The average molecular weight is 377 g/mol. The number of hydrogen-bond acceptors (Lipinski definition) is 9. The fraction of sp³-hybridized carbons (Fsp3) is 0.444. The number of aliphatic imine (C=N–C) groups is 1. The minimum absolute atomic E-state index is 0.143. The Morgan fingerprint density at radius 1 is 0.852 bits per heavy atom. The lowest BCUT2D eigenvalue weighted by atomic mass is 9.99. The monoisotopic (exact) mass is 377 g/mol. The van der Waals surface area contributed by atoms with E-state index >= 15 is 0 Å². The highest BCUT2D eigenvalue weighted by Gasteiger charge is 2.59. The zero-order valence-corrected chi connectivity index (χ0v) is 15.0. The maximum Gasteiger partial charge on any atom is 0.303 e. The molecule has 2 aliphatic heterocycles. The predicted molar refractivity (Wildman–Crippen MR) is 89.9 cm³/mol. The average Bonchev–Trinajstić information content (AvgIpc) is 2.95. The maximum atomic E-state index is 11.6. The van der Waals surface area contributed by atoms with Gasteiger partial charge in [-0.25, -0.2) is 4.99 Å². The Morgan fingerprint density at radius 3 is 2.00 bits per heavy atom. The molecule has 2 bridgehead atoms. The summed E-state index contributed by atoms with van der Waals surface area (Å²) in [5.74, 6) is -1.73. The Balaban J connectivity index is 1.98. The van der Waals surface area contributed by atoms with Gasteiger partial charge in [0.2, 0.25) is 18.3 Å². The van der Waals surface area contributed by atoms with Gasteiger partial charge in [-0.3, -0.25) is 14.4 Å². The van der Waals surface area contributed by atoms with Crippen molar-refractivity contribution in [3.8, 4) is 0 Å². The summed E-state index contributed by atoms with van der Waals surface area (Å²) >= 11 is 0. The van der Waals surface area contributed by atoms with E-state index in [1.807, 2.05) is 6.07 Å². The Kier molecular flexibility index (Phi) is 5.41. The quantitative estimate of drug-likeness (QED) is 0.570. The van der Waals surface area contributed by atoms with Crippen LogP contribution in [-0.2, 0) is 38.1 Å². The second kappa shape index (κ2) is 7.75. The maximum absolute atomic E-state index is 11.6. The van der Waals surface area contributed by atoms with Gasteiger partial charge in [-0.05, 0) is 12.1 Å². The number of fused-ring (bicyclic) bond motifs is 2. The summed E-state index contributed by atoms with van der Waals surface area (Å²) in [6.45, 7) is 3.61. The smallest absolute Gasteiger partial charge is 0.303 e. The van der Waals surface area contributed by atoms with Gasteiger partial charge in [0, 0.05) is 20.8 Å². The van der Waals surface area contributed by atoms with Crippen LogP contribution in [0.5, 0.6) is 0 Å². The summed E-state index contributed by atoms with van der Waals surface area (Å²) < 4.78 is 27.3. The molecule has 3 rings (SSSR count). The molecule has 2 heterocycles. The number of ether oxygens (including phenoxy) is 5. The fourth-order valence-corrected chi connectivity index (χ4v) is 2.97. The predicted octanol–water partition coefficient (Wildman–Crippen LogP) is 1.27. The molecular weight excluding hydrogens is 358 g/mol. The second-order valence-corrected chi connectivity index (χ2v) is 6.05. The zero-order valence-electron chi connectivity index (χ0n) is 15.0. The molecule has 27 heavy (non-hydrogen) atoms. The molecule has 0 aromatic heterocycles. The number of hydrogen-bond donors (Lipinski definition) is 0. The number of para-hydroxylation sites is 1. The molecule has 0 unspecified atom stereocenters. The van der Waals surface area contributed by atoms with Crippen LogP contribution >= 0.6 is 0 Å². The molecule has 1 aromatic carbocycles. The number of carbonyl (C=O) groups is 3. The molecule has 0 spiro atoms. The van der Waals surface area contributed by atoms with Crippen molar-refractivity contribution in [2.45, 2.75) is 51.5 Å². The molecule has 9 heteroatoms. The van der Waals surface area contributed by atoms with Gasteiger partial charge in [0.25, 0.3) is 0 Å². The van der Waals surface area contributed by atoms with E-state index in [2.05, 4.69) is 4.99 Å². The highest BCUT2D eigenvalue weighted by Crippen LogP contribution is 2.36. The van der Waals surface area contributed by atoms with E-state index in [-0.39, 0.29) is 5.90 Å². The van der Waals surface area contributed by atoms with Gasteiger partial charge in [-0.15, -0.1) is 0 Å². The molecule has 0 amide bonds. The van der Waals surface area contributed by atoms with Crippen LogP contribution in [0.15, 0.2) is 35.3 Å². The van der Waals surface area contributed by atoms with Gasteiger partial charge >= 0.3 is 17.9 Å². The van der Waals surface area contributed by atoms with Gasteiger partial charge in [-0.2, -0.15) is 0 Å². The molecule has 0 saturated carbocycles. The summed E-state index contributed by atoms with van der Waals surface area (Å²) in [5, 5.41) is 0. The van der Waals surface area contributed by atoms with Crippen molar-refractivity contribution in [2.24, 2.45) is 4.99 Å². The van der Waals surface area contributed by atoms with Crippen LogP contribution in [-0.4, -0.2) is 54.5 Å². The van der Waals surface area contributed by atoms with E-state index in [4.69, 9.17) is 23.7 Å². The normalized spacial score (nSPS) is 30.3. The molecule has 0 aliphatic carbocycles. The minimum Gasteiger partial charge on any atom is -0.455 e. The third-order valence-electron chi connectivity index (χ3n) is 3.88. The number of nitrogens with zero attached hydrogens (tertiary/aromatic N) is 1. The molecule has 1 aromatic rings. The molecule has 2 saturated heterocycles. The highest BCUT2D eigenvalue weighted by molar-refractivity contribution is 5.86. The van der Waals surface area contributed by atoms with E-state index < -0.39 is 48.6 Å². The van der Waals surface area contributed by atoms with Crippen LogP contribution in [0.1, 0.15) is 20.8 Å². The third kappa shape index (κ3) is 4.25. The van der Waals surface area contributed by atoms with Crippen molar-refractivity contribution in [1.82, 2.24) is 0 Å². The summed E-state index contributed by atoms with van der Waals surface area (Å²) in [5.41, 5.74) is 0.596. The number of rotatable bonds is 4. The Morgan fingerprint density at radius 2 is 1.41 bits per heavy atom. The van der Waals surface area contributed by atoms with Gasteiger partial charge in [0.05, 0.1) is 5.69 Å². The van der Waals surface area contributed by atoms with Gasteiger partial charge < -0.3 is 23.7 Å². The molecule has 2 aliphatic rings. The zero-order chi connectivity index (χ0) is 19.6. The first-order valence-corrected chi connectivity index (χ1v) is 8.32. The Hall–Kier alpha value is -2.94.